The first kappa shape index (κ1) is 15.9. The molecule has 1 aliphatic heterocycles. The van der Waals surface area contributed by atoms with E-state index in [4.69, 9.17) is 33.0 Å². The average Bonchev–Trinajstić information content (AvgIpc) is 2.90. The Kier molecular flexibility index (Phi) is 4.96. The zero-order valence-electron chi connectivity index (χ0n) is 11.4. The van der Waals surface area contributed by atoms with Crippen molar-refractivity contribution in [2.75, 3.05) is 6.54 Å². The first-order valence-corrected chi connectivity index (χ1v) is 7.30. The van der Waals surface area contributed by atoms with E-state index in [0.717, 1.165) is 0 Å². The van der Waals surface area contributed by atoms with Crippen molar-refractivity contribution >= 4 is 35.1 Å². The molecule has 21 heavy (non-hydrogen) atoms. The topological polar surface area (TPSA) is 66.8 Å². The van der Waals surface area contributed by atoms with Gasteiger partial charge in [0.05, 0.1) is 5.02 Å². The highest BCUT2D eigenvalue weighted by atomic mass is 35.5. The van der Waals surface area contributed by atoms with E-state index in [2.05, 4.69) is 0 Å². The predicted molar refractivity (Wildman–Crippen MR) is 78.9 cm³/mol. The van der Waals surface area contributed by atoms with E-state index < -0.39 is 18.1 Å². The molecule has 1 aromatic carbocycles. The van der Waals surface area contributed by atoms with Gasteiger partial charge in [-0.15, -0.1) is 0 Å². The Morgan fingerprint density at radius 3 is 2.76 bits per heavy atom. The third kappa shape index (κ3) is 3.60. The fraction of sp³-hybridized carbons (Fsp3) is 0.429. The van der Waals surface area contributed by atoms with Crippen LogP contribution in [0.15, 0.2) is 18.2 Å². The minimum absolute atomic E-state index is 0.304. The molecule has 0 radical (unpaired) electrons. The zero-order valence-corrected chi connectivity index (χ0v) is 12.9. The molecule has 0 bridgehead atoms. The molecule has 1 fully saturated rings. The standard InChI is InChI=1S/C14H15Cl2NO4/c1-8(21-12-5-4-9(15)7-10(12)16)13(18)17-6-2-3-11(17)14(19)20/h4-5,7-8,11H,2-3,6H2,1H3,(H,19,20). The Morgan fingerprint density at radius 1 is 1.43 bits per heavy atom. The summed E-state index contributed by atoms with van der Waals surface area (Å²) < 4.78 is 5.53. The molecule has 114 valence electrons. The van der Waals surface area contributed by atoms with Crippen molar-refractivity contribution in [2.45, 2.75) is 31.9 Å². The summed E-state index contributed by atoms with van der Waals surface area (Å²) in [5.74, 6) is -1.00. The van der Waals surface area contributed by atoms with Gasteiger partial charge in [0.15, 0.2) is 6.10 Å². The van der Waals surface area contributed by atoms with Crippen molar-refractivity contribution in [2.24, 2.45) is 0 Å². The maximum absolute atomic E-state index is 12.3. The minimum atomic E-state index is -0.988. The number of aliphatic carboxylic acids is 1. The van der Waals surface area contributed by atoms with Crippen LogP contribution in [0.1, 0.15) is 19.8 Å². The van der Waals surface area contributed by atoms with Gasteiger partial charge >= 0.3 is 5.97 Å². The molecule has 0 aliphatic carbocycles. The quantitative estimate of drug-likeness (QED) is 0.921. The van der Waals surface area contributed by atoms with Crippen molar-refractivity contribution in [3.8, 4) is 5.75 Å². The van der Waals surface area contributed by atoms with Gasteiger partial charge in [0.25, 0.3) is 5.91 Å². The van der Waals surface area contributed by atoms with Gasteiger partial charge in [-0.25, -0.2) is 4.79 Å². The number of halogens is 2. The number of benzene rings is 1. The lowest BCUT2D eigenvalue weighted by molar-refractivity contribution is -0.150. The normalized spacial score (nSPS) is 19.4. The zero-order chi connectivity index (χ0) is 15.6. The van der Waals surface area contributed by atoms with Crippen molar-refractivity contribution < 1.29 is 19.4 Å². The van der Waals surface area contributed by atoms with Crippen LogP contribution in [0, 0.1) is 0 Å². The SMILES string of the molecule is CC(Oc1ccc(Cl)cc1Cl)C(=O)N1CCCC1C(=O)O. The second-order valence-electron chi connectivity index (χ2n) is 4.86. The molecule has 2 rings (SSSR count). The van der Waals surface area contributed by atoms with Crippen LogP contribution < -0.4 is 4.74 Å². The van der Waals surface area contributed by atoms with Gasteiger partial charge in [-0.05, 0) is 38.0 Å². The lowest BCUT2D eigenvalue weighted by atomic mass is 10.2. The van der Waals surface area contributed by atoms with E-state index in [-0.39, 0.29) is 5.91 Å². The van der Waals surface area contributed by atoms with Gasteiger partial charge in [0, 0.05) is 11.6 Å². The van der Waals surface area contributed by atoms with E-state index in [1.54, 1.807) is 19.1 Å². The van der Waals surface area contributed by atoms with Gasteiger partial charge in [-0.3, -0.25) is 4.79 Å². The summed E-state index contributed by atoms with van der Waals surface area (Å²) in [5, 5.41) is 9.88. The molecule has 1 aliphatic rings. The third-order valence-corrected chi connectivity index (χ3v) is 3.90. The maximum Gasteiger partial charge on any atom is 0.326 e. The van der Waals surface area contributed by atoms with Gasteiger partial charge in [-0.1, -0.05) is 23.2 Å². The Bertz CT molecular complexity index is 564. The minimum Gasteiger partial charge on any atom is -0.480 e. The molecule has 5 nitrogen and oxygen atoms in total. The van der Waals surface area contributed by atoms with Crippen LogP contribution in [-0.2, 0) is 9.59 Å². The predicted octanol–water partition coefficient (Wildman–Crippen LogP) is 2.84. The lowest BCUT2D eigenvalue weighted by Crippen LogP contribution is -2.46. The number of rotatable bonds is 4. The number of carbonyl (C=O) groups excluding carboxylic acids is 1. The molecule has 1 amide bonds. The van der Waals surface area contributed by atoms with Crippen LogP contribution in [0.3, 0.4) is 0 Å². The van der Waals surface area contributed by atoms with E-state index >= 15 is 0 Å². The molecule has 1 N–H and O–H groups in total. The van der Waals surface area contributed by atoms with Gasteiger partial charge in [0.1, 0.15) is 11.8 Å². The third-order valence-electron chi connectivity index (χ3n) is 3.37. The lowest BCUT2D eigenvalue weighted by Gasteiger charge is -2.25. The first-order valence-electron chi connectivity index (χ1n) is 6.55. The van der Waals surface area contributed by atoms with Gasteiger partial charge in [-0.2, -0.15) is 0 Å². The molecule has 0 saturated carbocycles. The Balaban J connectivity index is 2.07. The summed E-state index contributed by atoms with van der Waals surface area (Å²) in [6.07, 6.45) is 0.329. The van der Waals surface area contributed by atoms with Crippen LogP contribution in [0.4, 0.5) is 0 Å². The molecule has 2 unspecified atom stereocenters. The highest BCUT2D eigenvalue weighted by Crippen LogP contribution is 2.29. The summed E-state index contributed by atoms with van der Waals surface area (Å²) in [5.41, 5.74) is 0. The Morgan fingerprint density at radius 2 is 2.14 bits per heavy atom. The summed E-state index contributed by atoms with van der Waals surface area (Å²) in [4.78, 5) is 24.8. The molecule has 0 aromatic heterocycles. The largest absolute Gasteiger partial charge is 0.480 e. The summed E-state index contributed by atoms with van der Waals surface area (Å²) >= 11 is 11.8. The summed E-state index contributed by atoms with van der Waals surface area (Å²) in [6, 6.07) is 3.93. The van der Waals surface area contributed by atoms with E-state index in [1.807, 2.05) is 0 Å². The maximum atomic E-state index is 12.3. The number of hydrogen-bond donors (Lipinski definition) is 1. The van der Waals surface area contributed by atoms with Crippen LogP contribution in [-0.4, -0.2) is 40.6 Å². The molecule has 2 atom stereocenters. The average molecular weight is 332 g/mol. The van der Waals surface area contributed by atoms with Crippen LogP contribution >= 0.6 is 23.2 Å². The summed E-state index contributed by atoms with van der Waals surface area (Å²) in [7, 11) is 0. The van der Waals surface area contributed by atoms with Gasteiger partial charge < -0.3 is 14.7 Å². The van der Waals surface area contributed by atoms with E-state index in [1.165, 1.54) is 11.0 Å². The highest BCUT2D eigenvalue weighted by Gasteiger charge is 2.36. The smallest absolute Gasteiger partial charge is 0.326 e. The van der Waals surface area contributed by atoms with Crippen molar-refractivity contribution in [3.05, 3.63) is 28.2 Å². The van der Waals surface area contributed by atoms with Crippen molar-refractivity contribution in [3.63, 3.8) is 0 Å². The van der Waals surface area contributed by atoms with Crippen LogP contribution in [0.5, 0.6) is 5.75 Å². The number of carboxylic acid groups (broad SMARTS) is 1. The van der Waals surface area contributed by atoms with Gasteiger partial charge in [0.2, 0.25) is 0 Å². The number of likely N-dealkylation sites (tertiary alicyclic amines) is 1. The number of nitrogens with zero attached hydrogens (tertiary/aromatic N) is 1. The number of amides is 1. The second-order valence-corrected chi connectivity index (χ2v) is 5.71. The molecular weight excluding hydrogens is 317 g/mol. The second kappa shape index (κ2) is 6.54. The number of hydrogen-bond acceptors (Lipinski definition) is 3. The fourth-order valence-electron chi connectivity index (χ4n) is 2.33. The highest BCUT2D eigenvalue weighted by molar-refractivity contribution is 6.35. The van der Waals surface area contributed by atoms with Crippen molar-refractivity contribution in [1.82, 2.24) is 4.90 Å². The van der Waals surface area contributed by atoms with E-state index in [9.17, 15) is 9.59 Å². The molecule has 0 spiro atoms. The number of ether oxygens (including phenoxy) is 1. The van der Waals surface area contributed by atoms with Crippen molar-refractivity contribution in [1.29, 1.82) is 0 Å². The molecule has 1 aromatic rings. The number of carbonyl (C=O) groups is 2. The molecular formula is C14H15Cl2NO4. The molecule has 1 saturated heterocycles. The van der Waals surface area contributed by atoms with Crippen LogP contribution in [0.25, 0.3) is 0 Å². The number of carboxylic acids is 1. The fourth-order valence-corrected chi connectivity index (χ4v) is 2.79. The Labute approximate surface area is 132 Å². The molecule has 1 heterocycles. The monoisotopic (exact) mass is 331 g/mol. The molecule has 7 heteroatoms. The first-order chi connectivity index (χ1) is 9.90. The summed E-state index contributed by atoms with van der Waals surface area (Å²) in [6.45, 7) is 2.00. The van der Waals surface area contributed by atoms with Crippen LogP contribution in [0.2, 0.25) is 10.0 Å². The van der Waals surface area contributed by atoms with E-state index in [0.29, 0.717) is 35.2 Å². The Hall–Kier alpha value is -1.46.